The van der Waals surface area contributed by atoms with Gasteiger partial charge >= 0.3 is 0 Å². The molecule has 0 aliphatic carbocycles. The predicted molar refractivity (Wildman–Crippen MR) is 84.5 cm³/mol. The molecule has 0 spiro atoms. The standard InChI is InChI=1S/C16H14N2O2S/c1-12(2)16-17-21(19,20)15-11-7-6-10-14(15)18(16)13-8-4-3-5-9-13/h3-11H,1H2,2H3. The maximum Gasteiger partial charge on any atom is 0.286 e. The molecule has 1 aliphatic heterocycles. The van der Waals surface area contributed by atoms with E-state index in [1.165, 1.54) is 0 Å². The lowest BCUT2D eigenvalue weighted by molar-refractivity contribution is 0.597. The van der Waals surface area contributed by atoms with Crippen molar-refractivity contribution in [3.63, 3.8) is 0 Å². The average Bonchev–Trinajstić information content (AvgIpc) is 2.47. The van der Waals surface area contributed by atoms with Crippen LogP contribution in [0.15, 0.2) is 76.0 Å². The second-order valence-corrected chi connectivity index (χ2v) is 6.38. The van der Waals surface area contributed by atoms with E-state index in [9.17, 15) is 8.42 Å². The van der Waals surface area contributed by atoms with Crippen molar-refractivity contribution in [2.75, 3.05) is 4.90 Å². The van der Waals surface area contributed by atoms with Gasteiger partial charge in [-0.15, -0.1) is 4.40 Å². The smallest absolute Gasteiger partial charge is 0.286 e. The first kappa shape index (κ1) is 13.6. The number of amidine groups is 1. The van der Waals surface area contributed by atoms with E-state index in [1.54, 1.807) is 25.1 Å². The lowest BCUT2D eigenvalue weighted by Crippen LogP contribution is -2.32. The van der Waals surface area contributed by atoms with Crippen LogP contribution in [0.3, 0.4) is 0 Å². The van der Waals surface area contributed by atoms with Crippen molar-refractivity contribution < 1.29 is 8.42 Å². The summed E-state index contributed by atoms with van der Waals surface area (Å²) in [5.74, 6) is 0.347. The molecule has 1 heterocycles. The van der Waals surface area contributed by atoms with Gasteiger partial charge in [0, 0.05) is 5.69 Å². The third kappa shape index (κ3) is 2.25. The van der Waals surface area contributed by atoms with Gasteiger partial charge in [-0.2, -0.15) is 8.42 Å². The maximum atomic E-state index is 12.3. The van der Waals surface area contributed by atoms with E-state index in [0.29, 0.717) is 17.1 Å². The monoisotopic (exact) mass is 298 g/mol. The highest BCUT2D eigenvalue weighted by Gasteiger charge is 2.31. The third-order valence-electron chi connectivity index (χ3n) is 3.20. The van der Waals surface area contributed by atoms with Crippen LogP contribution in [0.5, 0.6) is 0 Å². The molecule has 0 unspecified atom stereocenters. The van der Waals surface area contributed by atoms with Crippen molar-refractivity contribution in [2.24, 2.45) is 4.40 Å². The van der Waals surface area contributed by atoms with Gasteiger partial charge in [-0.05, 0) is 36.8 Å². The van der Waals surface area contributed by atoms with Gasteiger partial charge in [-0.1, -0.05) is 36.9 Å². The zero-order chi connectivity index (χ0) is 15.0. The highest BCUT2D eigenvalue weighted by molar-refractivity contribution is 7.90. The summed E-state index contributed by atoms with van der Waals surface area (Å²) in [6, 6.07) is 16.4. The fourth-order valence-corrected chi connectivity index (χ4v) is 3.52. The fourth-order valence-electron chi connectivity index (χ4n) is 2.29. The molecule has 0 saturated heterocycles. The van der Waals surface area contributed by atoms with Crippen molar-refractivity contribution in [3.05, 3.63) is 66.7 Å². The van der Waals surface area contributed by atoms with E-state index in [4.69, 9.17) is 0 Å². The van der Waals surface area contributed by atoms with Crippen LogP contribution in [0, 0.1) is 0 Å². The SMILES string of the molecule is C=C(C)C1=NS(=O)(=O)c2ccccc2N1c1ccccc1. The summed E-state index contributed by atoms with van der Waals surface area (Å²) in [5, 5.41) is 0. The Morgan fingerprint density at radius 3 is 2.33 bits per heavy atom. The average molecular weight is 298 g/mol. The topological polar surface area (TPSA) is 49.7 Å². The van der Waals surface area contributed by atoms with Gasteiger partial charge in [0.25, 0.3) is 10.0 Å². The molecule has 0 aromatic heterocycles. The molecule has 5 heteroatoms. The number of hydrogen-bond donors (Lipinski definition) is 0. The molecule has 4 nitrogen and oxygen atoms in total. The van der Waals surface area contributed by atoms with Gasteiger partial charge in [0.15, 0.2) is 5.84 Å². The number of rotatable bonds is 2. The van der Waals surface area contributed by atoms with E-state index in [-0.39, 0.29) is 4.90 Å². The molecule has 0 radical (unpaired) electrons. The van der Waals surface area contributed by atoms with E-state index in [2.05, 4.69) is 11.0 Å². The van der Waals surface area contributed by atoms with Gasteiger partial charge in [0.1, 0.15) is 4.90 Å². The summed E-state index contributed by atoms with van der Waals surface area (Å²) in [7, 11) is -3.69. The van der Waals surface area contributed by atoms with Crippen molar-refractivity contribution >= 4 is 27.2 Å². The molecule has 1 aliphatic rings. The van der Waals surface area contributed by atoms with Crippen LogP contribution >= 0.6 is 0 Å². The summed E-state index contributed by atoms with van der Waals surface area (Å²) < 4.78 is 28.5. The molecule has 0 N–H and O–H groups in total. The van der Waals surface area contributed by atoms with Crippen LogP contribution < -0.4 is 4.90 Å². The number of sulfonamides is 1. The third-order valence-corrected chi connectivity index (χ3v) is 4.51. The molecular weight excluding hydrogens is 284 g/mol. The van der Waals surface area contributed by atoms with Crippen LogP contribution in [0.1, 0.15) is 6.92 Å². The number of nitrogens with zero attached hydrogens (tertiary/aromatic N) is 2. The van der Waals surface area contributed by atoms with E-state index >= 15 is 0 Å². The Morgan fingerprint density at radius 2 is 1.67 bits per heavy atom. The predicted octanol–water partition coefficient (Wildman–Crippen LogP) is 3.50. The summed E-state index contributed by atoms with van der Waals surface area (Å²) in [5.41, 5.74) is 2.04. The van der Waals surface area contributed by atoms with Gasteiger partial charge in [-0.3, -0.25) is 4.90 Å². The largest absolute Gasteiger partial charge is 0.293 e. The minimum atomic E-state index is -3.69. The summed E-state index contributed by atoms with van der Waals surface area (Å²) >= 11 is 0. The van der Waals surface area contributed by atoms with Crippen molar-refractivity contribution in [1.82, 2.24) is 0 Å². The molecule has 3 rings (SSSR count). The van der Waals surface area contributed by atoms with Crippen LogP contribution in [0.2, 0.25) is 0 Å². The number of fused-ring (bicyclic) bond motifs is 1. The lowest BCUT2D eigenvalue weighted by atomic mass is 10.2. The summed E-state index contributed by atoms with van der Waals surface area (Å²) in [4.78, 5) is 2.03. The Hall–Kier alpha value is -2.40. The van der Waals surface area contributed by atoms with Crippen LogP contribution in [-0.2, 0) is 10.0 Å². The van der Waals surface area contributed by atoms with Crippen molar-refractivity contribution in [2.45, 2.75) is 11.8 Å². The highest BCUT2D eigenvalue weighted by Crippen LogP contribution is 2.37. The first-order chi connectivity index (χ1) is 10.0. The van der Waals surface area contributed by atoms with Crippen molar-refractivity contribution in [1.29, 1.82) is 0 Å². The Balaban J connectivity index is 2.32. The minimum Gasteiger partial charge on any atom is -0.293 e. The molecule has 2 aromatic rings. The van der Waals surface area contributed by atoms with Gasteiger partial charge < -0.3 is 0 Å². The molecule has 2 aromatic carbocycles. The van der Waals surface area contributed by atoms with E-state index in [1.807, 2.05) is 41.3 Å². The number of para-hydroxylation sites is 2. The Morgan fingerprint density at radius 1 is 1.05 bits per heavy atom. The van der Waals surface area contributed by atoms with Crippen LogP contribution in [0.25, 0.3) is 0 Å². The Kier molecular flexibility index (Phi) is 3.14. The first-order valence-corrected chi connectivity index (χ1v) is 7.90. The molecule has 0 saturated carbocycles. The normalized spacial score (nSPS) is 16.0. The quantitative estimate of drug-likeness (QED) is 0.852. The number of hydrogen-bond acceptors (Lipinski definition) is 3. The molecule has 0 atom stereocenters. The zero-order valence-electron chi connectivity index (χ0n) is 11.5. The molecule has 106 valence electrons. The van der Waals surface area contributed by atoms with E-state index in [0.717, 1.165) is 5.69 Å². The Labute approximate surface area is 124 Å². The van der Waals surface area contributed by atoms with Gasteiger partial charge in [-0.25, -0.2) is 0 Å². The first-order valence-electron chi connectivity index (χ1n) is 6.46. The van der Waals surface area contributed by atoms with Gasteiger partial charge in [0.2, 0.25) is 0 Å². The minimum absolute atomic E-state index is 0.207. The summed E-state index contributed by atoms with van der Waals surface area (Å²) in [6.07, 6.45) is 0. The van der Waals surface area contributed by atoms with Gasteiger partial charge in [0.05, 0.1) is 5.69 Å². The number of benzene rings is 2. The highest BCUT2D eigenvalue weighted by atomic mass is 32.2. The molecule has 0 bridgehead atoms. The maximum absolute atomic E-state index is 12.3. The lowest BCUT2D eigenvalue weighted by Gasteiger charge is -2.31. The van der Waals surface area contributed by atoms with Crippen LogP contribution in [-0.4, -0.2) is 14.3 Å². The molecule has 0 fully saturated rings. The van der Waals surface area contributed by atoms with E-state index < -0.39 is 10.0 Å². The van der Waals surface area contributed by atoms with Crippen LogP contribution in [0.4, 0.5) is 11.4 Å². The number of anilines is 2. The van der Waals surface area contributed by atoms with Crippen molar-refractivity contribution in [3.8, 4) is 0 Å². The molecular formula is C16H14N2O2S. The second-order valence-electron chi connectivity index (χ2n) is 4.81. The summed E-state index contributed by atoms with van der Waals surface area (Å²) in [6.45, 7) is 5.60. The molecule has 21 heavy (non-hydrogen) atoms. The second kappa shape index (κ2) is 4.86. The Bertz CT molecular complexity index is 840. The molecule has 0 amide bonds. The fraction of sp³-hybridized carbons (Fsp3) is 0.0625. The zero-order valence-corrected chi connectivity index (χ0v) is 12.3.